The first-order chi connectivity index (χ1) is 9.46. The molecule has 0 aromatic heterocycles. The van der Waals surface area contributed by atoms with Gasteiger partial charge in [-0.15, -0.1) is 0 Å². The van der Waals surface area contributed by atoms with Gasteiger partial charge in [-0.25, -0.2) is 0 Å². The maximum Gasteiger partial charge on any atom is 0.306 e. The van der Waals surface area contributed by atoms with E-state index >= 15 is 0 Å². The minimum atomic E-state index is -3.50. The molecule has 2 saturated heterocycles. The fraction of sp³-hybridized carbons (Fsp3) is 0.917. The molecule has 7 nitrogen and oxygen atoms in total. The second kappa shape index (κ2) is 6.38. The second-order valence-electron chi connectivity index (χ2n) is 5.27. The summed E-state index contributed by atoms with van der Waals surface area (Å²) in [7, 11) is -3.50. The Morgan fingerprint density at radius 3 is 2.50 bits per heavy atom. The molecule has 0 aliphatic carbocycles. The zero-order chi connectivity index (χ0) is 14.8. The van der Waals surface area contributed by atoms with Crippen LogP contribution in [0.5, 0.6) is 0 Å². The van der Waals surface area contributed by atoms with Crippen molar-refractivity contribution in [2.24, 2.45) is 5.92 Å². The van der Waals surface area contributed by atoms with E-state index in [4.69, 9.17) is 9.84 Å². The number of aliphatic carboxylic acids is 1. The molecule has 1 N–H and O–H groups in total. The minimum absolute atomic E-state index is 0.119. The number of rotatable bonds is 4. The summed E-state index contributed by atoms with van der Waals surface area (Å²) in [5, 5.41) is 8.96. The Bertz CT molecular complexity index is 445. The first-order valence-electron chi connectivity index (χ1n) is 7.04. The number of carbonyl (C=O) groups is 1. The van der Waals surface area contributed by atoms with E-state index in [9.17, 15) is 13.2 Å². The summed E-state index contributed by atoms with van der Waals surface area (Å²) in [4.78, 5) is 10.9. The van der Waals surface area contributed by atoms with Gasteiger partial charge in [0, 0.05) is 25.7 Å². The fourth-order valence-electron chi connectivity index (χ4n) is 2.75. The maximum absolute atomic E-state index is 12.6. The molecule has 0 bridgehead atoms. The van der Waals surface area contributed by atoms with Gasteiger partial charge in [-0.3, -0.25) is 4.79 Å². The largest absolute Gasteiger partial charge is 0.481 e. The third-order valence-electron chi connectivity index (χ3n) is 4.07. The van der Waals surface area contributed by atoms with Crippen LogP contribution in [0, 0.1) is 5.92 Å². The van der Waals surface area contributed by atoms with Gasteiger partial charge in [-0.2, -0.15) is 17.0 Å². The Labute approximate surface area is 119 Å². The highest BCUT2D eigenvalue weighted by atomic mass is 32.2. The molecule has 2 aliphatic rings. The highest BCUT2D eigenvalue weighted by molar-refractivity contribution is 7.86. The summed E-state index contributed by atoms with van der Waals surface area (Å²) in [5.74, 6) is -1.26. The van der Waals surface area contributed by atoms with Crippen molar-refractivity contribution in [2.45, 2.75) is 32.2 Å². The molecule has 2 rings (SSSR count). The van der Waals surface area contributed by atoms with E-state index in [2.05, 4.69) is 0 Å². The van der Waals surface area contributed by atoms with Crippen LogP contribution in [0.25, 0.3) is 0 Å². The van der Waals surface area contributed by atoms with E-state index in [0.717, 1.165) is 0 Å². The predicted octanol–water partition coefficient (Wildman–Crippen LogP) is 0.139. The molecule has 116 valence electrons. The number of nitrogens with zero attached hydrogens (tertiary/aromatic N) is 2. The van der Waals surface area contributed by atoms with Crippen molar-refractivity contribution >= 4 is 16.2 Å². The van der Waals surface area contributed by atoms with Crippen molar-refractivity contribution in [2.75, 3.05) is 32.8 Å². The molecule has 0 aromatic rings. The number of piperidine rings is 1. The molecule has 1 atom stereocenters. The van der Waals surface area contributed by atoms with Gasteiger partial charge < -0.3 is 9.84 Å². The fourth-order valence-corrected chi connectivity index (χ4v) is 4.61. The third-order valence-corrected chi connectivity index (χ3v) is 6.16. The van der Waals surface area contributed by atoms with Gasteiger partial charge in [0.2, 0.25) is 0 Å². The lowest BCUT2D eigenvalue weighted by Gasteiger charge is -2.39. The molecule has 20 heavy (non-hydrogen) atoms. The van der Waals surface area contributed by atoms with E-state index in [0.29, 0.717) is 39.0 Å². The number of morpholine rings is 1. The zero-order valence-corrected chi connectivity index (χ0v) is 12.5. The van der Waals surface area contributed by atoms with Gasteiger partial charge >= 0.3 is 5.97 Å². The second-order valence-corrected chi connectivity index (χ2v) is 7.15. The summed E-state index contributed by atoms with van der Waals surface area (Å²) in [5.41, 5.74) is 0. The number of carboxylic acids is 1. The monoisotopic (exact) mass is 306 g/mol. The van der Waals surface area contributed by atoms with Crippen LogP contribution in [0.2, 0.25) is 0 Å². The summed E-state index contributed by atoms with van der Waals surface area (Å²) < 4.78 is 33.5. The number of carboxylic acid groups (broad SMARTS) is 1. The number of hydrogen-bond donors (Lipinski definition) is 1. The van der Waals surface area contributed by atoms with Crippen LogP contribution < -0.4 is 0 Å². The molecule has 0 aromatic carbocycles. The van der Waals surface area contributed by atoms with Crippen LogP contribution in [-0.4, -0.2) is 67.0 Å². The molecule has 2 heterocycles. The Hall–Kier alpha value is -0.700. The first kappa shape index (κ1) is 15.7. The van der Waals surface area contributed by atoms with Crippen LogP contribution in [-0.2, 0) is 19.7 Å². The Morgan fingerprint density at radius 1 is 1.30 bits per heavy atom. The molecule has 2 fully saturated rings. The minimum Gasteiger partial charge on any atom is -0.481 e. The van der Waals surface area contributed by atoms with Crippen molar-refractivity contribution < 1.29 is 23.1 Å². The van der Waals surface area contributed by atoms with Crippen molar-refractivity contribution in [3.63, 3.8) is 0 Å². The van der Waals surface area contributed by atoms with Gasteiger partial charge in [0.15, 0.2) is 0 Å². The third kappa shape index (κ3) is 3.13. The van der Waals surface area contributed by atoms with E-state index in [1.54, 1.807) is 0 Å². The Kier molecular flexibility index (Phi) is 5.00. The lowest BCUT2D eigenvalue weighted by atomic mass is 9.99. The number of hydrogen-bond acceptors (Lipinski definition) is 4. The highest BCUT2D eigenvalue weighted by Gasteiger charge is 2.38. The van der Waals surface area contributed by atoms with E-state index in [1.165, 1.54) is 8.61 Å². The van der Waals surface area contributed by atoms with E-state index in [1.807, 2.05) is 6.92 Å². The van der Waals surface area contributed by atoms with Gasteiger partial charge in [0.25, 0.3) is 10.2 Å². The van der Waals surface area contributed by atoms with Crippen molar-refractivity contribution in [1.29, 1.82) is 0 Å². The summed E-state index contributed by atoms with van der Waals surface area (Å²) in [6, 6.07) is -0.119. The summed E-state index contributed by atoms with van der Waals surface area (Å²) in [6.07, 6.45) is 1.48. The van der Waals surface area contributed by atoms with Crippen LogP contribution in [0.4, 0.5) is 0 Å². The number of ether oxygens (including phenoxy) is 1. The predicted molar refractivity (Wildman–Crippen MR) is 72.5 cm³/mol. The highest BCUT2D eigenvalue weighted by Crippen LogP contribution is 2.24. The van der Waals surface area contributed by atoms with Crippen LogP contribution in [0.1, 0.15) is 26.2 Å². The lowest BCUT2D eigenvalue weighted by molar-refractivity contribution is -0.142. The first-order valence-corrected chi connectivity index (χ1v) is 8.44. The standard InChI is InChI=1S/C12H22N2O5S/c1-2-11-9-19-8-7-14(11)20(17,18)13-5-3-10(4-6-13)12(15)16/h10-11H,2-9H2,1H3,(H,15,16). The van der Waals surface area contributed by atoms with Crippen molar-refractivity contribution in [3.05, 3.63) is 0 Å². The lowest BCUT2D eigenvalue weighted by Crippen LogP contribution is -2.55. The molecule has 0 radical (unpaired) electrons. The average Bonchev–Trinajstić information content (AvgIpc) is 2.47. The van der Waals surface area contributed by atoms with E-state index < -0.39 is 22.1 Å². The molecule has 1 unspecified atom stereocenters. The molecule has 2 aliphatic heterocycles. The summed E-state index contributed by atoms with van der Waals surface area (Å²) in [6.45, 7) is 3.74. The molecule has 0 amide bonds. The Morgan fingerprint density at radius 2 is 1.95 bits per heavy atom. The smallest absolute Gasteiger partial charge is 0.306 e. The SMILES string of the molecule is CCC1COCCN1S(=O)(=O)N1CCC(C(=O)O)CC1. The van der Waals surface area contributed by atoms with Gasteiger partial charge in [-0.1, -0.05) is 6.92 Å². The molecule has 8 heteroatoms. The van der Waals surface area contributed by atoms with Crippen molar-refractivity contribution in [1.82, 2.24) is 8.61 Å². The average molecular weight is 306 g/mol. The molecular weight excluding hydrogens is 284 g/mol. The van der Waals surface area contributed by atoms with Crippen LogP contribution >= 0.6 is 0 Å². The Balaban J connectivity index is 2.05. The van der Waals surface area contributed by atoms with Gasteiger partial charge in [0.05, 0.1) is 19.1 Å². The quantitative estimate of drug-likeness (QED) is 0.798. The molecular formula is C12H22N2O5S. The van der Waals surface area contributed by atoms with Crippen molar-refractivity contribution in [3.8, 4) is 0 Å². The van der Waals surface area contributed by atoms with E-state index in [-0.39, 0.29) is 19.1 Å². The zero-order valence-electron chi connectivity index (χ0n) is 11.7. The van der Waals surface area contributed by atoms with Gasteiger partial charge in [0.1, 0.15) is 0 Å². The van der Waals surface area contributed by atoms with Gasteiger partial charge in [-0.05, 0) is 19.3 Å². The molecule has 0 spiro atoms. The normalized spacial score (nSPS) is 27.6. The van der Waals surface area contributed by atoms with Crippen LogP contribution in [0.3, 0.4) is 0 Å². The maximum atomic E-state index is 12.6. The topological polar surface area (TPSA) is 87.2 Å². The van der Waals surface area contributed by atoms with Crippen LogP contribution in [0.15, 0.2) is 0 Å². The molecule has 0 saturated carbocycles. The summed E-state index contributed by atoms with van der Waals surface area (Å²) >= 11 is 0.